The number of carbonyl (C=O) groups excluding carboxylic acids is 1. The molecule has 2 atom stereocenters. The molecule has 1 aliphatic rings. The van der Waals surface area contributed by atoms with Gasteiger partial charge in [-0.25, -0.2) is 0 Å². The highest BCUT2D eigenvalue weighted by atomic mass is 16.4. The van der Waals surface area contributed by atoms with Gasteiger partial charge in [-0.05, 0) is 55.4 Å². The van der Waals surface area contributed by atoms with Crippen LogP contribution in [0, 0.1) is 12.8 Å². The summed E-state index contributed by atoms with van der Waals surface area (Å²) in [6, 6.07) is 25.5. The van der Waals surface area contributed by atoms with Crippen LogP contribution in [0.1, 0.15) is 35.1 Å². The van der Waals surface area contributed by atoms with Crippen molar-refractivity contribution < 1.29 is 14.7 Å². The highest BCUT2D eigenvalue weighted by Crippen LogP contribution is 2.36. The van der Waals surface area contributed by atoms with Crippen LogP contribution < -0.4 is 10.6 Å². The van der Waals surface area contributed by atoms with Gasteiger partial charge in [-0.3, -0.25) is 9.59 Å². The molecule has 0 bridgehead atoms. The Hall–Kier alpha value is -3.44. The van der Waals surface area contributed by atoms with E-state index in [1.165, 1.54) is 0 Å². The van der Waals surface area contributed by atoms with Gasteiger partial charge < -0.3 is 15.7 Å². The molecule has 0 fully saturated rings. The summed E-state index contributed by atoms with van der Waals surface area (Å²) >= 11 is 0. The fourth-order valence-corrected chi connectivity index (χ4v) is 4.71. The molecule has 0 unspecified atom stereocenters. The van der Waals surface area contributed by atoms with Crippen LogP contribution in [0.3, 0.4) is 0 Å². The van der Waals surface area contributed by atoms with Crippen LogP contribution in [0.2, 0.25) is 0 Å². The summed E-state index contributed by atoms with van der Waals surface area (Å²) in [5, 5.41) is 10.2. The van der Waals surface area contributed by atoms with Crippen LogP contribution in [0.4, 0.5) is 5.69 Å². The minimum atomic E-state index is -1.50. The molecule has 5 nitrogen and oxygen atoms in total. The van der Waals surface area contributed by atoms with Gasteiger partial charge >= 0.3 is 5.97 Å². The first-order valence-electron chi connectivity index (χ1n) is 11.4. The van der Waals surface area contributed by atoms with E-state index in [2.05, 4.69) is 0 Å². The fourth-order valence-electron chi connectivity index (χ4n) is 4.71. The summed E-state index contributed by atoms with van der Waals surface area (Å²) in [5.41, 5.74) is 10.3. The van der Waals surface area contributed by atoms with E-state index in [9.17, 15) is 14.7 Å². The number of amides is 1. The van der Waals surface area contributed by atoms with Gasteiger partial charge in [-0.2, -0.15) is 0 Å². The molecule has 0 aliphatic carbocycles. The number of hydrogen-bond acceptors (Lipinski definition) is 3. The second-order valence-electron chi connectivity index (χ2n) is 8.96. The average Bonchev–Trinajstić information content (AvgIpc) is 2.92. The number of para-hydroxylation sites is 1. The summed E-state index contributed by atoms with van der Waals surface area (Å²) in [5.74, 6) is -2.34. The number of hydrogen-bond donors (Lipinski definition) is 2. The van der Waals surface area contributed by atoms with E-state index in [1.807, 2.05) is 85.8 Å². The van der Waals surface area contributed by atoms with Gasteiger partial charge in [0.2, 0.25) is 5.91 Å². The predicted molar refractivity (Wildman–Crippen MR) is 130 cm³/mol. The van der Waals surface area contributed by atoms with Crippen molar-refractivity contribution >= 4 is 17.6 Å². The molecule has 3 aromatic rings. The molecular weight excluding hydrogens is 412 g/mol. The normalized spacial score (nSPS) is 19.0. The van der Waals surface area contributed by atoms with E-state index in [0.717, 1.165) is 27.9 Å². The first kappa shape index (κ1) is 22.7. The van der Waals surface area contributed by atoms with Crippen LogP contribution >= 0.6 is 0 Å². The maximum absolute atomic E-state index is 14.0. The third kappa shape index (κ3) is 4.83. The van der Waals surface area contributed by atoms with Crippen molar-refractivity contribution in [3.63, 3.8) is 0 Å². The smallest absolute Gasteiger partial charge is 0.308 e. The highest BCUT2D eigenvalue weighted by Gasteiger charge is 2.49. The van der Waals surface area contributed by atoms with Crippen molar-refractivity contribution in [2.24, 2.45) is 11.7 Å². The Morgan fingerprint density at radius 3 is 2.36 bits per heavy atom. The Kier molecular flexibility index (Phi) is 6.61. The summed E-state index contributed by atoms with van der Waals surface area (Å²) in [7, 11) is 0. The second-order valence-corrected chi connectivity index (χ2v) is 8.96. The Bertz CT molecular complexity index is 1130. The number of aliphatic carboxylic acids is 1. The summed E-state index contributed by atoms with van der Waals surface area (Å²) in [6.07, 6.45) is 1.70. The monoisotopic (exact) mass is 442 g/mol. The van der Waals surface area contributed by atoms with E-state index in [0.29, 0.717) is 32.2 Å². The molecule has 3 N–H and O–H groups in total. The van der Waals surface area contributed by atoms with Crippen LogP contribution in [0.15, 0.2) is 78.9 Å². The van der Waals surface area contributed by atoms with E-state index in [-0.39, 0.29) is 5.91 Å². The molecule has 1 heterocycles. The van der Waals surface area contributed by atoms with Crippen molar-refractivity contribution in [1.29, 1.82) is 0 Å². The van der Waals surface area contributed by atoms with Crippen LogP contribution in [0.5, 0.6) is 0 Å². The molecule has 0 aromatic heterocycles. The third-order valence-corrected chi connectivity index (χ3v) is 6.68. The first-order valence-corrected chi connectivity index (χ1v) is 11.4. The summed E-state index contributed by atoms with van der Waals surface area (Å²) in [6.45, 7) is 2.37. The molecule has 3 aromatic carbocycles. The van der Waals surface area contributed by atoms with Crippen molar-refractivity contribution in [3.05, 3.63) is 101 Å². The SMILES string of the molecule is Cc1ccc(CN2C(=O)[C@](N)([C@H](CCc3ccccc3)C(=O)O)CCc3ccccc32)cc1. The van der Waals surface area contributed by atoms with Gasteiger partial charge in [-0.15, -0.1) is 0 Å². The number of anilines is 1. The van der Waals surface area contributed by atoms with Gasteiger partial charge in [0.1, 0.15) is 5.54 Å². The molecular formula is C28H30N2O3. The fraction of sp³-hybridized carbons (Fsp3) is 0.286. The quantitative estimate of drug-likeness (QED) is 0.564. The van der Waals surface area contributed by atoms with E-state index in [1.54, 1.807) is 4.90 Å². The number of carboxylic acid groups (broad SMARTS) is 1. The van der Waals surface area contributed by atoms with Crippen molar-refractivity contribution in [2.45, 2.75) is 44.7 Å². The average molecular weight is 443 g/mol. The molecule has 5 heteroatoms. The standard InChI is InChI=1S/C28H30N2O3/c1-20-11-13-22(14-12-20)19-30-25-10-6-5-9-23(25)17-18-28(29,27(30)33)24(26(31)32)16-15-21-7-3-2-4-8-21/h2-14,24H,15-19,29H2,1H3,(H,31,32)/t24-,28-/m1/s1. The summed E-state index contributed by atoms with van der Waals surface area (Å²) in [4.78, 5) is 28.1. The molecule has 0 radical (unpaired) electrons. The first-order chi connectivity index (χ1) is 15.9. The molecule has 0 spiro atoms. The van der Waals surface area contributed by atoms with E-state index >= 15 is 0 Å². The topological polar surface area (TPSA) is 83.6 Å². The minimum Gasteiger partial charge on any atom is -0.481 e. The molecule has 1 aliphatic heterocycles. The molecule has 1 amide bonds. The number of benzene rings is 3. The zero-order chi connectivity index (χ0) is 23.4. The van der Waals surface area contributed by atoms with Crippen LogP contribution in [-0.4, -0.2) is 22.5 Å². The Morgan fingerprint density at radius 1 is 1.00 bits per heavy atom. The number of fused-ring (bicyclic) bond motifs is 1. The molecule has 170 valence electrons. The maximum Gasteiger partial charge on any atom is 0.308 e. The third-order valence-electron chi connectivity index (χ3n) is 6.68. The molecule has 4 rings (SSSR count). The largest absolute Gasteiger partial charge is 0.481 e. The predicted octanol–water partition coefficient (Wildman–Crippen LogP) is 4.51. The molecule has 0 saturated heterocycles. The van der Waals surface area contributed by atoms with Gasteiger partial charge in [0.25, 0.3) is 0 Å². The zero-order valence-electron chi connectivity index (χ0n) is 18.9. The Balaban J connectivity index is 1.69. The highest BCUT2D eigenvalue weighted by molar-refractivity contribution is 6.03. The van der Waals surface area contributed by atoms with Crippen LogP contribution in [0.25, 0.3) is 0 Å². The van der Waals surface area contributed by atoms with Gasteiger partial charge in [-0.1, -0.05) is 78.4 Å². The maximum atomic E-state index is 14.0. The lowest BCUT2D eigenvalue weighted by Crippen LogP contribution is -2.61. The van der Waals surface area contributed by atoms with Gasteiger partial charge in [0.05, 0.1) is 12.5 Å². The van der Waals surface area contributed by atoms with Crippen molar-refractivity contribution in [2.75, 3.05) is 4.90 Å². The zero-order valence-corrected chi connectivity index (χ0v) is 18.9. The number of nitrogens with zero attached hydrogens (tertiary/aromatic N) is 1. The minimum absolute atomic E-state index is 0.291. The van der Waals surface area contributed by atoms with Gasteiger partial charge in [0, 0.05) is 5.69 Å². The second kappa shape index (κ2) is 9.59. The number of carbonyl (C=O) groups is 2. The Labute approximate surface area is 194 Å². The lowest BCUT2D eigenvalue weighted by Gasteiger charge is -2.36. The number of carboxylic acids is 1. The lowest BCUT2D eigenvalue weighted by molar-refractivity contribution is -0.148. The number of aryl methyl sites for hydroxylation is 3. The van der Waals surface area contributed by atoms with Crippen molar-refractivity contribution in [1.82, 2.24) is 0 Å². The summed E-state index contributed by atoms with van der Waals surface area (Å²) < 4.78 is 0. The Morgan fingerprint density at radius 2 is 1.67 bits per heavy atom. The van der Waals surface area contributed by atoms with Crippen LogP contribution in [-0.2, 0) is 29.0 Å². The lowest BCUT2D eigenvalue weighted by atomic mass is 9.76. The van der Waals surface area contributed by atoms with Gasteiger partial charge in [0.15, 0.2) is 0 Å². The van der Waals surface area contributed by atoms with Crippen molar-refractivity contribution in [3.8, 4) is 0 Å². The van der Waals surface area contributed by atoms with E-state index in [4.69, 9.17) is 5.73 Å². The molecule has 0 saturated carbocycles. The van der Waals surface area contributed by atoms with E-state index < -0.39 is 17.4 Å². The molecule has 33 heavy (non-hydrogen) atoms. The number of rotatable bonds is 7. The number of nitrogens with two attached hydrogens (primary N) is 1.